The number of rotatable bonds is 4. The normalized spacial score (nSPS) is 16.0. The first-order chi connectivity index (χ1) is 13.1. The largest absolute Gasteiger partial charge is 0.430 e. The highest BCUT2D eigenvalue weighted by Gasteiger charge is 2.74. The van der Waals surface area contributed by atoms with Gasteiger partial charge >= 0.3 is 24.7 Å². The summed E-state index contributed by atoms with van der Waals surface area (Å²) < 4.78 is 158. The topological polar surface area (TPSA) is 40.5 Å². The molecule has 0 aromatic heterocycles. The molecule has 30 heavy (non-hydrogen) atoms. The van der Waals surface area contributed by atoms with Crippen LogP contribution in [0.15, 0.2) is 18.2 Å². The van der Waals surface area contributed by atoms with E-state index in [-0.39, 0.29) is 18.6 Å². The van der Waals surface area contributed by atoms with Gasteiger partial charge in [0.15, 0.2) is 0 Å². The predicted octanol–water partition coefficient (Wildman–Crippen LogP) is 5.82. The van der Waals surface area contributed by atoms with Gasteiger partial charge in [-0.3, -0.25) is 0 Å². The van der Waals surface area contributed by atoms with Gasteiger partial charge in [0.05, 0.1) is 0 Å². The molecule has 0 heterocycles. The second-order valence-electron chi connectivity index (χ2n) is 6.52. The van der Waals surface area contributed by atoms with E-state index in [1.807, 2.05) is 0 Å². The molecule has 0 fully saturated rings. The molecule has 0 aliphatic heterocycles. The molecule has 0 aliphatic carbocycles. The van der Waals surface area contributed by atoms with Crippen molar-refractivity contribution in [2.24, 2.45) is 0 Å². The lowest BCUT2D eigenvalue weighted by molar-refractivity contribution is -0.378. The van der Waals surface area contributed by atoms with E-state index < -0.39 is 64.6 Å². The van der Waals surface area contributed by atoms with Crippen LogP contribution in [0.3, 0.4) is 0 Å². The van der Waals surface area contributed by atoms with Gasteiger partial charge in [-0.1, -0.05) is 26.0 Å². The molecule has 174 valence electrons. The van der Waals surface area contributed by atoms with Crippen molar-refractivity contribution in [1.29, 1.82) is 0 Å². The van der Waals surface area contributed by atoms with Crippen LogP contribution >= 0.6 is 0 Å². The van der Waals surface area contributed by atoms with E-state index in [9.17, 15) is 62.9 Å². The zero-order chi connectivity index (χ0) is 24.1. The Morgan fingerprint density at radius 2 is 1.07 bits per heavy atom. The molecule has 2 nitrogen and oxygen atoms in total. The van der Waals surface area contributed by atoms with Crippen molar-refractivity contribution in [3.05, 3.63) is 34.9 Å². The molecule has 0 spiro atoms. The second-order valence-corrected chi connectivity index (χ2v) is 6.52. The third-order valence-corrected chi connectivity index (χ3v) is 4.65. The Hall–Kier alpha value is -1.70. The average Bonchev–Trinajstić information content (AvgIpc) is 2.54. The number of aliphatic hydroxyl groups is 2. The van der Waals surface area contributed by atoms with E-state index >= 15 is 0 Å². The van der Waals surface area contributed by atoms with Crippen molar-refractivity contribution in [2.75, 3.05) is 0 Å². The Labute approximate surface area is 161 Å². The van der Waals surface area contributed by atoms with Crippen LogP contribution in [0, 0.1) is 0 Å². The molecule has 0 saturated heterocycles. The first-order valence-corrected chi connectivity index (χ1v) is 7.93. The van der Waals surface area contributed by atoms with Gasteiger partial charge in [-0.05, 0) is 24.0 Å². The van der Waals surface area contributed by atoms with Crippen LogP contribution in [0.1, 0.15) is 42.9 Å². The standard InChI is InChI=1S/C16H14F12O2/c1-3-7(2)9-5-4-8(11(29,13(17,18)19)14(20,21)22)6-10(9)12(30,15(23,24)25)16(26,27)28/h4-7,29-30H,3H2,1-2H3. The van der Waals surface area contributed by atoms with Gasteiger partial charge < -0.3 is 10.2 Å². The molecule has 2 N–H and O–H groups in total. The van der Waals surface area contributed by atoms with Crippen LogP contribution in [-0.4, -0.2) is 34.9 Å². The average molecular weight is 466 g/mol. The molecule has 0 aliphatic rings. The van der Waals surface area contributed by atoms with Crippen LogP contribution in [0.25, 0.3) is 0 Å². The summed E-state index contributed by atoms with van der Waals surface area (Å²) in [4.78, 5) is 0. The molecule has 0 radical (unpaired) electrons. The number of benzene rings is 1. The fourth-order valence-electron chi connectivity index (χ4n) is 2.70. The Bertz CT molecular complexity index is 729. The molecule has 14 heteroatoms. The van der Waals surface area contributed by atoms with Gasteiger partial charge in [-0.2, -0.15) is 52.7 Å². The first-order valence-electron chi connectivity index (χ1n) is 7.93. The number of halogens is 12. The third kappa shape index (κ3) is 3.95. The van der Waals surface area contributed by atoms with E-state index in [1.54, 1.807) is 0 Å². The zero-order valence-corrected chi connectivity index (χ0v) is 14.9. The summed E-state index contributed by atoms with van der Waals surface area (Å²) in [6, 6.07) is -0.688. The van der Waals surface area contributed by atoms with Gasteiger partial charge in [0.25, 0.3) is 11.2 Å². The molecule has 1 aromatic rings. The maximum Gasteiger partial charge on any atom is 0.430 e. The van der Waals surface area contributed by atoms with Gasteiger partial charge in [0.1, 0.15) is 0 Å². The molecule has 0 bridgehead atoms. The fraction of sp³-hybridized carbons (Fsp3) is 0.625. The number of hydrogen-bond donors (Lipinski definition) is 2. The second kappa shape index (κ2) is 7.46. The maximum atomic E-state index is 13.3. The van der Waals surface area contributed by atoms with Gasteiger partial charge in [-0.25, -0.2) is 0 Å². The number of alkyl halides is 12. The summed E-state index contributed by atoms with van der Waals surface area (Å²) >= 11 is 0. The van der Waals surface area contributed by atoms with Crippen molar-refractivity contribution in [1.82, 2.24) is 0 Å². The van der Waals surface area contributed by atoms with E-state index in [2.05, 4.69) is 0 Å². The van der Waals surface area contributed by atoms with Crippen LogP contribution in [0.2, 0.25) is 0 Å². The van der Waals surface area contributed by atoms with Gasteiger partial charge in [-0.15, -0.1) is 0 Å². The molecule has 0 saturated carbocycles. The maximum absolute atomic E-state index is 13.3. The molecule has 1 rings (SSSR count). The van der Waals surface area contributed by atoms with Gasteiger partial charge in [0.2, 0.25) is 0 Å². The Balaban J connectivity index is 4.13. The number of hydrogen-bond acceptors (Lipinski definition) is 2. The summed E-state index contributed by atoms with van der Waals surface area (Å²) in [5.41, 5.74) is -17.2. The lowest BCUT2D eigenvalue weighted by Crippen LogP contribution is -2.56. The van der Waals surface area contributed by atoms with Crippen LogP contribution in [0.4, 0.5) is 52.7 Å². The predicted molar refractivity (Wildman–Crippen MR) is 77.2 cm³/mol. The minimum absolute atomic E-state index is 0.0842. The summed E-state index contributed by atoms with van der Waals surface area (Å²) in [7, 11) is 0. The molecule has 1 atom stereocenters. The Morgan fingerprint density at radius 3 is 1.37 bits per heavy atom. The minimum atomic E-state index is -6.57. The Kier molecular flexibility index (Phi) is 6.55. The molecule has 1 unspecified atom stereocenters. The highest BCUT2D eigenvalue weighted by molar-refractivity contribution is 5.43. The highest BCUT2D eigenvalue weighted by atomic mass is 19.4. The van der Waals surface area contributed by atoms with E-state index in [1.165, 1.54) is 6.92 Å². The third-order valence-electron chi connectivity index (χ3n) is 4.65. The fourth-order valence-corrected chi connectivity index (χ4v) is 2.70. The van der Waals surface area contributed by atoms with E-state index in [0.29, 0.717) is 0 Å². The zero-order valence-electron chi connectivity index (χ0n) is 14.9. The highest BCUT2D eigenvalue weighted by Crippen LogP contribution is 2.55. The van der Waals surface area contributed by atoms with Crippen molar-refractivity contribution >= 4 is 0 Å². The van der Waals surface area contributed by atoms with Gasteiger partial charge in [0, 0.05) is 11.1 Å². The summed E-state index contributed by atoms with van der Waals surface area (Å²) in [5, 5.41) is 18.9. The molecular formula is C16H14F12O2. The smallest absolute Gasteiger partial charge is 0.369 e. The van der Waals surface area contributed by atoms with E-state index in [4.69, 9.17) is 0 Å². The molecule has 1 aromatic carbocycles. The molecule has 0 amide bonds. The lowest BCUT2D eigenvalue weighted by Gasteiger charge is -2.37. The minimum Gasteiger partial charge on any atom is -0.369 e. The van der Waals surface area contributed by atoms with Crippen molar-refractivity contribution in [3.8, 4) is 0 Å². The molecular weight excluding hydrogens is 452 g/mol. The van der Waals surface area contributed by atoms with Crippen molar-refractivity contribution in [3.63, 3.8) is 0 Å². The van der Waals surface area contributed by atoms with Crippen LogP contribution in [0.5, 0.6) is 0 Å². The summed E-state index contributed by atoms with van der Waals surface area (Å²) in [6.45, 7) is 2.32. The quantitative estimate of drug-likeness (QED) is 0.549. The van der Waals surface area contributed by atoms with Crippen molar-refractivity contribution in [2.45, 2.75) is 62.1 Å². The van der Waals surface area contributed by atoms with Crippen LogP contribution in [-0.2, 0) is 11.2 Å². The first kappa shape index (κ1) is 26.3. The monoisotopic (exact) mass is 466 g/mol. The SMILES string of the molecule is CCC(C)c1ccc(C(O)(C(F)(F)F)C(F)(F)F)cc1C(O)(C(F)(F)F)C(F)(F)F. The summed E-state index contributed by atoms with van der Waals surface area (Å²) in [6.07, 6.45) is -26.4. The summed E-state index contributed by atoms with van der Waals surface area (Å²) in [5.74, 6) is -1.24. The van der Waals surface area contributed by atoms with Crippen molar-refractivity contribution < 1.29 is 62.9 Å². The van der Waals surface area contributed by atoms with E-state index in [0.717, 1.165) is 6.92 Å². The van der Waals surface area contributed by atoms with Crippen LogP contribution < -0.4 is 0 Å². The Morgan fingerprint density at radius 1 is 0.700 bits per heavy atom. The lowest BCUT2D eigenvalue weighted by atomic mass is 9.79.